The van der Waals surface area contributed by atoms with Gasteiger partial charge in [0, 0.05) is 29.9 Å². The number of hydrogen-bond donors (Lipinski definition) is 0. The molecule has 19 heavy (non-hydrogen) atoms. The summed E-state index contributed by atoms with van der Waals surface area (Å²) in [5.41, 5.74) is 0.765. The van der Waals surface area contributed by atoms with Crippen molar-refractivity contribution in [3.05, 3.63) is 33.8 Å². The number of halogens is 2. The van der Waals surface area contributed by atoms with E-state index >= 15 is 0 Å². The highest BCUT2D eigenvalue weighted by Crippen LogP contribution is 2.31. The molecule has 1 rings (SSSR count). The zero-order valence-electron chi connectivity index (χ0n) is 11.5. The smallest absolute Gasteiger partial charge is 0.287 e. The third kappa shape index (κ3) is 4.62. The molecule has 0 aliphatic carbocycles. The molecule has 0 unspecified atom stereocenters. The summed E-state index contributed by atoms with van der Waals surface area (Å²) in [6, 6.07) is 5.38. The number of hydrogen-bond acceptors (Lipinski definition) is 3. The summed E-state index contributed by atoms with van der Waals surface area (Å²) in [5.74, 6) is -1.13. The summed E-state index contributed by atoms with van der Waals surface area (Å²) in [7, 11) is 0. The number of rotatable bonds is 8. The lowest BCUT2D eigenvalue weighted by atomic mass is 10.1. The minimum absolute atomic E-state index is 0.348. The van der Waals surface area contributed by atoms with E-state index in [0.29, 0.717) is 36.3 Å². The molecule has 0 fully saturated rings. The topological polar surface area (TPSA) is 27.7 Å². The van der Waals surface area contributed by atoms with Crippen LogP contribution in [0.5, 0.6) is 0 Å². The summed E-state index contributed by atoms with van der Waals surface area (Å²) in [5, 5.41) is 1.16. The summed E-state index contributed by atoms with van der Waals surface area (Å²) >= 11 is 12.4. The Morgan fingerprint density at radius 2 is 1.32 bits per heavy atom. The van der Waals surface area contributed by atoms with E-state index in [9.17, 15) is 0 Å². The highest BCUT2D eigenvalue weighted by atomic mass is 35.5. The van der Waals surface area contributed by atoms with Crippen LogP contribution in [0.2, 0.25) is 10.0 Å². The van der Waals surface area contributed by atoms with E-state index in [-0.39, 0.29) is 0 Å². The van der Waals surface area contributed by atoms with E-state index in [2.05, 4.69) is 0 Å². The van der Waals surface area contributed by atoms with E-state index in [1.165, 1.54) is 0 Å². The Hall–Kier alpha value is -0.320. The Balaban J connectivity index is 3.04. The molecule has 0 N–H and O–H groups in total. The summed E-state index contributed by atoms with van der Waals surface area (Å²) in [4.78, 5) is 0. The van der Waals surface area contributed by atoms with Gasteiger partial charge in [-0.3, -0.25) is 0 Å². The SMILES string of the molecule is CCOC(Cc1c(Cl)cccc1Cl)(OCC)OCC. The third-order valence-corrected chi connectivity index (χ3v) is 3.26. The number of ether oxygens (including phenoxy) is 3. The van der Waals surface area contributed by atoms with Crippen LogP contribution in [0, 0.1) is 0 Å². The van der Waals surface area contributed by atoms with Crippen molar-refractivity contribution in [2.75, 3.05) is 19.8 Å². The first-order valence-corrected chi connectivity index (χ1v) is 7.18. The average Bonchev–Trinajstić information content (AvgIpc) is 2.35. The molecule has 1 aromatic rings. The predicted octanol–water partition coefficient (Wildman–Crippen LogP) is 4.30. The Morgan fingerprint density at radius 1 is 0.895 bits per heavy atom. The molecule has 1 aromatic carbocycles. The maximum Gasteiger partial charge on any atom is 0.287 e. The van der Waals surface area contributed by atoms with Gasteiger partial charge in [0.25, 0.3) is 5.97 Å². The standard InChI is InChI=1S/C14H20Cl2O3/c1-4-17-14(18-5-2,19-6-3)10-11-12(15)8-7-9-13(11)16/h7-9H,4-6,10H2,1-3H3. The molecule has 0 bridgehead atoms. The molecule has 0 atom stereocenters. The van der Waals surface area contributed by atoms with Gasteiger partial charge in [-0.15, -0.1) is 0 Å². The molecule has 0 saturated heterocycles. The van der Waals surface area contributed by atoms with E-state index in [1.807, 2.05) is 20.8 Å². The van der Waals surface area contributed by atoms with Crippen molar-refractivity contribution in [1.29, 1.82) is 0 Å². The van der Waals surface area contributed by atoms with Gasteiger partial charge in [-0.05, 0) is 38.5 Å². The van der Waals surface area contributed by atoms with Crippen LogP contribution in [0.4, 0.5) is 0 Å². The lowest BCUT2D eigenvalue weighted by molar-refractivity contribution is -0.375. The molecule has 0 spiro atoms. The molecule has 108 valence electrons. The first-order chi connectivity index (χ1) is 9.08. The van der Waals surface area contributed by atoms with Crippen molar-refractivity contribution in [3.63, 3.8) is 0 Å². The lowest BCUT2D eigenvalue weighted by Gasteiger charge is -2.32. The Bertz CT molecular complexity index is 359. The largest absolute Gasteiger partial charge is 0.327 e. The third-order valence-electron chi connectivity index (χ3n) is 2.55. The van der Waals surface area contributed by atoms with Crippen molar-refractivity contribution in [1.82, 2.24) is 0 Å². The van der Waals surface area contributed by atoms with E-state index in [4.69, 9.17) is 37.4 Å². The van der Waals surface area contributed by atoms with Gasteiger partial charge in [0.2, 0.25) is 0 Å². The molecule has 0 heterocycles. The van der Waals surface area contributed by atoms with Gasteiger partial charge in [-0.1, -0.05) is 29.3 Å². The highest BCUT2D eigenvalue weighted by Gasteiger charge is 2.34. The first kappa shape index (κ1) is 16.7. The Morgan fingerprint density at radius 3 is 1.68 bits per heavy atom. The molecule has 3 nitrogen and oxygen atoms in total. The Kier molecular flexibility index (Phi) is 7.11. The van der Waals surface area contributed by atoms with Crippen LogP contribution in [0.15, 0.2) is 18.2 Å². The highest BCUT2D eigenvalue weighted by molar-refractivity contribution is 6.36. The van der Waals surface area contributed by atoms with Gasteiger partial charge in [0.1, 0.15) is 0 Å². The molecule has 0 aliphatic heterocycles. The van der Waals surface area contributed by atoms with Crippen molar-refractivity contribution in [2.45, 2.75) is 33.2 Å². The molecular formula is C14H20Cl2O3. The summed E-state index contributed by atoms with van der Waals surface area (Å²) < 4.78 is 17.0. The zero-order chi connectivity index (χ0) is 14.3. The van der Waals surface area contributed by atoms with Gasteiger partial charge in [-0.25, -0.2) is 0 Å². The second-order valence-electron chi connectivity index (χ2n) is 3.86. The minimum Gasteiger partial charge on any atom is -0.327 e. The van der Waals surface area contributed by atoms with Crippen molar-refractivity contribution >= 4 is 23.2 Å². The van der Waals surface area contributed by atoms with E-state index in [1.54, 1.807) is 18.2 Å². The van der Waals surface area contributed by atoms with Crippen LogP contribution < -0.4 is 0 Å². The first-order valence-electron chi connectivity index (χ1n) is 6.43. The van der Waals surface area contributed by atoms with Gasteiger partial charge >= 0.3 is 0 Å². The number of benzene rings is 1. The van der Waals surface area contributed by atoms with Gasteiger partial charge < -0.3 is 14.2 Å². The fourth-order valence-electron chi connectivity index (χ4n) is 1.86. The van der Waals surface area contributed by atoms with Gasteiger partial charge in [0.05, 0.1) is 6.42 Å². The zero-order valence-corrected chi connectivity index (χ0v) is 13.1. The Labute approximate surface area is 124 Å². The van der Waals surface area contributed by atoms with Gasteiger partial charge in [-0.2, -0.15) is 0 Å². The summed E-state index contributed by atoms with van der Waals surface area (Å²) in [6.07, 6.45) is 0.348. The maximum absolute atomic E-state index is 6.18. The van der Waals surface area contributed by atoms with Crippen LogP contribution >= 0.6 is 23.2 Å². The normalized spacial score (nSPS) is 11.8. The van der Waals surface area contributed by atoms with Crippen molar-refractivity contribution in [3.8, 4) is 0 Å². The van der Waals surface area contributed by atoms with Crippen molar-refractivity contribution < 1.29 is 14.2 Å². The van der Waals surface area contributed by atoms with Crippen LogP contribution in [0.1, 0.15) is 26.3 Å². The lowest BCUT2D eigenvalue weighted by Crippen LogP contribution is -2.42. The average molecular weight is 307 g/mol. The molecule has 0 saturated carbocycles. The second kappa shape index (κ2) is 8.08. The molecule has 0 aromatic heterocycles. The monoisotopic (exact) mass is 306 g/mol. The molecular weight excluding hydrogens is 287 g/mol. The van der Waals surface area contributed by atoms with E-state index in [0.717, 1.165) is 5.56 Å². The molecule has 0 amide bonds. The maximum atomic E-state index is 6.18. The fourth-order valence-corrected chi connectivity index (χ4v) is 2.39. The second-order valence-corrected chi connectivity index (χ2v) is 4.67. The quantitative estimate of drug-likeness (QED) is 0.670. The van der Waals surface area contributed by atoms with Crippen LogP contribution in [-0.4, -0.2) is 25.8 Å². The predicted molar refractivity (Wildman–Crippen MR) is 77.8 cm³/mol. The van der Waals surface area contributed by atoms with Crippen LogP contribution in [-0.2, 0) is 20.6 Å². The van der Waals surface area contributed by atoms with Crippen molar-refractivity contribution in [2.24, 2.45) is 0 Å². The van der Waals surface area contributed by atoms with Crippen LogP contribution in [0.25, 0.3) is 0 Å². The minimum atomic E-state index is -1.13. The molecule has 0 aliphatic rings. The van der Waals surface area contributed by atoms with Crippen LogP contribution in [0.3, 0.4) is 0 Å². The van der Waals surface area contributed by atoms with E-state index < -0.39 is 5.97 Å². The fraction of sp³-hybridized carbons (Fsp3) is 0.571. The van der Waals surface area contributed by atoms with Gasteiger partial charge in [0.15, 0.2) is 0 Å². The molecule has 5 heteroatoms. The summed E-state index contributed by atoms with van der Waals surface area (Å²) in [6.45, 7) is 7.09. The molecule has 0 radical (unpaired) electrons.